The van der Waals surface area contributed by atoms with Crippen LogP contribution < -0.4 is 16.4 Å². The molecule has 0 aliphatic carbocycles. The predicted octanol–water partition coefficient (Wildman–Crippen LogP) is 1.23. The third kappa shape index (κ3) is 5.21. The molecule has 2 fully saturated rings. The number of aldehydes is 1. The summed E-state index contributed by atoms with van der Waals surface area (Å²) in [5.41, 5.74) is 5.43. The molecule has 130 valence electrons. The number of amides is 2. The molecule has 2 amide bonds. The molecule has 0 bridgehead atoms. The highest BCUT2D eigenvalue weighted by Crippen LogP contribution is 2.33. The second kappa shape index (κ2) is 9.27. The minimum atomic E-state index is -0.454. The number of urea groups is 1. The van der Waals surface area contributed by atoms with Gasteiger partial charge >= 0.3 is 6.03 Å². The van der Waals surface area contributed by atoms with Gasteiger partial charge in [-0.2, -0.15) is 11.8 Å². The Bertz CT molecular complexity index is 433. The summed E-state index contributed by atoms with van der Waals surface area (Å²) in [6.45, 7) is 0.604. The number of ketones is 1. The van der Waals surface area contributed by atoms with Gasteiger partial charge in [0.05, 0.1) is 18.0 Å². The number of nitrogens with two attached hydrogens (primary N) is 1. The molecule has 2 heterocycles. The number of Topliss-reactive ketones (excluding diaryl/α,β-unsaturated/α-hetero) is 1. The largest absolute Gasteiger partial charge is 0.332 e. The van der Waals surface area contributed by atoms with E-state index >= 15 is 0 Å². The van der Waals surface area contributed by atoms with Gasteiger partial charge in [-0.3, -0.25) is 4.79 Å². The number of hydrogen-bond acceptors (Lipinski definition) is 5. The van der Waals surface area contributed by atoms with Crippen LogP contribution in [0.25, 0.3) is 0 Å². The zero-order valence-electron chi connectivity index (χ0n) is 13.5. The summed E-state index contributed by atoms with van der Waals surface area (Å²) in [5, 5.41) is 6.34. The molecule has 0 aromatic carbocycles. The Hall–Kier alpha value is -1.08. The summed E-state index contributed by atoms with van der Waals surface area (Å²) in [6, 6.07) is 0.412. The van der Waals surface area contributed by atoms with Crippen molar-refractivity contribution < 1.29 is 14.4 Å². The number of carbonyl (C=O) groups is 3. The first-order valence-corrected chi connectivity index (χ1v) is 9.57. The molecule has 0 saturated carbocycles. The summed E-state index contributed by atoms with van der Waals surface area (Å²) >= 11 is 1.89. The summed E-state index contributed by atoms with van der Waals surface area (Å²) < 4.78 is 0. The molecule has 2 aliphatic heterocycles. The number of hydrogen-bond donors (Lipinski definition) is 3. The van der Waals surface area contributed by atoms with E-state index in [4.69, 9.17) is 5.73 Å². The van der Waals surface area contributed by atoms with E-state index in [9.17, 15) is 14.4 Å². The third-order valence-electron chi connectivity index (χ3n) is 4.65. The van der Waals surface area contributed by atoms with Gasteiger partial charge in [0.15, 0.2) is 0 Å². The fourth-order valence-electron chi connectivity index (χ4n) is 3.29. The van der Waals surface area contributed by atoms with Gasteiger partial charge < -0.3 is 21.2 Å². The first-order chi connectivity index (χ1) is 11.2. The number of carbonyl (C=O) groups excluding carboxylic acids is 3. The van der Waals surface area contributed by atoms with E-state index in [1.807, 2.05) is 11.8 Å². The van der Waals surface area contributed by atoms with Crippen LogP contribution in [0.4, 0.5) is 4.79 Å². The van der Waals surface area contributed by atoms with Gasteiger partial charge in [-0.15, -0.1) is 0 Å². The van der Waals surface area contributed by atoms with E-state index in [-0.39, 0.29) is 23.9 Å². The Labute approximate surface area is 141 Å². The Balaban J connectivity index is 1.62. The fraction of sp³-hybridized carbons (Fsp3) is 0.812. The van der Waals surface area contributed by atoms with E-state index in [2.05, 4.69) is 10.6 Å². The minimum absolute atomic E-state index is 0.0600. The Kier molecular flexibility index (Phi) is 7.36. The van der Waals surface area contributed by atoms with Crippen molar-refractivity contribution in [2.24, 2.45) is 11.7 Å². The van der Waals surface area contributed by atoms with Crippen LogP contribution in [0.5, 0.6) is 0 Å². The third-order valence-corrected chi connectivity index (χ3v) is 6.16. The highest BCUT2D eigenvalue weighted by molar-refractivity contribution is 8.00. The van der Waals surface area contributed by atoms with Crippen LogP contribution in [-0.2, 0) is 9.59 Å². The highest BCUT2D eigenvalue weighted by atomic mass is 32.2. The lowest BCUT2D eigenvalue weighted by atomic mass is 9.94. The Morgan fingerprint density at radius 1 is 1.30 bits per heavy atom. The number of thioether (sulfide) groups is 1. The zero-order chi connectivity index (χ0) is 16.7. The minimum Gasteiger partial charge on any atom is -0.332 e. The SMILES string of the molecule is NCCCCC(C=O)C(=O)CCCC[C@@H]1SC[C@@H]2NC(=O)N[C@@H]21. The fourth-order valence-corrected chi connectivity index (χ4v) is 4.83. The Morgan fingerprint density at radius 2 is 2.13 bits per heavy atom. The maximum Gasteiger partial charge on any atom is 0.315 e. The monoisotopic (exact) mass is 341 g/mol. The van der Waals surface area contributed by atoms with Crippen LogP contribution >= 0.6 is 11.8 Å². The molecular weight excluding hydrogens is 314 g/mol. The van der Waals surface area contributed by atoms with E-state index in [1.165, 1.54) is 0 Å². The van der Waals surface area contributed by atoms with Gasteiger partial charge in [-0.1, -0.05) is 12.8 Å². The average molecular weight is 341 g/mol. The maximum absolute atomic E-state index is 12.1. The molecule has 6 nitrogen and oxygen atoms in total. The summed E-state index contributed by atoms with van der Waals surface area (Å²) in [5.74, 6) is 0.566. The van der Waals surface area contributed by atoms with Crippen molar-refractivity contribution in [2.45, 2.75) is 62.3 Å². The van der Waals surface area contributed by atoms with Crippen molar-refractivity contribution in [2.75, 3.05) is 12.3 Å². The number of fused-ring (bicyclic) bond motifs is 1. The van der Waals surface area contributed by atoms with Gasteiger partial charge in [-0.05, 0) is 32.2 Å². The van der Waals surface area contributed by atoms with E-state index in [0.29, 0.717) is 24.6 Å². The molecular formula is C16H27N3O3S. The van der Waals surface area contributed by atoms with Crippen LogP contribution in [0.15, 0.2) is 0 Å². The second-order valence-corrected chi connectivity index (χ2v) is 7.63. The first kappa shape index (κ1) is 18.3. The maximum atomic E-state index is 12.1. The molecule has 4 atom stereocenters. The number of nitrogens with one attached hydrogen (secondary N) is 2. The van der Waals surface area contributed by atoms with Crippen molar-refractivity contribution >= 4 is 29.9 Å². The van der Waals surface area contributed by atoms with Crippen molar-refractivity contribution in [3.05, 3.63) is 0 Å². The quantitative estimate of drug-likeness (QED) is 0.227. The summed E-state index contributed by atoms with van der Waals surface area (Å²) in [6.07, 6.45) is 6.35. The number of unbranched alkanes of at least 4 members (excludes halogenated alkanes) is 2. The lowest BCUT2D eigenvalue weighted by molar-refractivity contribution is -0.127. The lowest BCUT2D eigenvalue weighted by Gasteiger charge is -2.16. The topological polar surface area (TPSA) is 101 Å². The molecule has 7 heteroatoms. The van der Waals surface area contributed by atoms with Crippen molar-refractivity contribution in [1.82, 2.24) is 10.6 Å². The average Bonchev–Trinajstić information content (AvgIpc) is 3.07. The molecule has 1 unspecified atom stereocenters. The van der Waals surface area contributed by atoms with E-state index in [0.717, 1.165) is 44.1 Å². The van der Waals surface area contributed by atoms with Crippen LogP contribution in [0, 0.1) is 5.92 Å². The van der Waals surface area contributed by atoms with E-state index in [1.54, 1.807) is 0 Å². The summed E-state index contributed by atoms with van der Waals surface area (Å²) in [4.78, 5) is 34.4. The smallest absolute Gasteiger partial charge is 0.315 e. The molecule has 4 N–H and O–H groups in total. The molecule has 2 saturated heterocycles. The van der Waals surface area contributed by atoms with Crippen LogP contribution in [0.3, 0.4) is 0 Å². The normalized spacial score (nSPS) is 27.2. The summed E-state index contributed by atoms with van der Waals surface area (Å²) in [7, 11) is 0. The van der Waals surface area contributed by atoms with Gasteiger partial charge in [0.1, 0.15) is 12.1 Å². The zero-order valence-corrected chi connectivity index (χ0v) is 14.3. The first-order valence-electron chi connectivity index (χ1n) is 8.52. The predicted molar refractivity (Wildman–Crippen MR) is 91.4 cm³/mol. The molecule has 23 heavy (non-hydrogen) atoms. The standard InChI is InChI=1S/C16H27N3O3S/c17-8-4-3-5-11(9-20)13(21)6-1-2-7-14-15-12(10-23-14)18-16(22)19-15/h9,11-12,14-15H,1-8,10,17H2,(H2,18,19,22)/t11?,12-,14-,15-/m0/s1. The molecule has 0 aromatic heterocycles. The van der Waals surface area contributed by atoms with Crippen molar-refractivity contribution in [3.8, 4) is 0 Å². The van der Waals surface area contributed by atoms with Crippen LogP contribution in [0.2, 0.25) is 0 Å². The van der Waals surface area contributed by atoms with Gasteiger partial charge in [0.2, 0.25) is 0 Å². The molecule has 2 rings (SSSR count). The van der Waals surface area contributed by atoms with Gasteiger partial charge in [0, 0.05) is 17.4 Å². The lowest BCUT2D eigenvalue weighted by Crippen LogP contribution is -2.36. The highest BCUT2D eigenvalue weighted by Gasteiger charge is 2.42. The van der Waals surface area contributed by atoms with Crippen LogP contribution in [-0.4, -0.2) is 47.7 Å². The van der Waals surface area contributed by atoms with Crippen LogP contribution in [0.1, 0.15) is 44.9 Å². The van der Waals surface area contributed by atoms with Crippen molar-refractivity contribution in [3.63, 3.8) is 0 Å². The Morgan fingerprint density at radius 3 is 2.87 bits per heavy atom. The molecule has 0 radical (unpaired) electrons. The molecule has 0 aromatic rings. The molecule has 2 aliphatic rings. The second-order valence-electron chi connectivity index (χ2n) is 6.36. The van der Waals surface area contributed by atoms with Gasteiger partial charge in [-0.25, -0.2) is 4.79 Å². The van der Waals surface area contributed by atoms with Crippen molar-refractivity contribution in [1.29, 1.82) is 0 Å². The number of rotatable bonds is 11. The molecule has 0 spiro atoms. The van der Waals surface area contributed by atoms with E-state index < -0.39 is 5.92 Å². The van der Waals surface area contributed by atoms with Gasteiger partial charge in [0.25, 0.3) is 0 Å².